The van der Waals surface area contributed by atoms with Gasteiger partial charge in [0.2, 0.25) is 0 Å². The van der Waals surface area contributed by atoms with Crippen molar-refractivity contribution >= 4 is 17.5 Å². The van der Waals surface area contributed by atoms with E-state index in [-0.39, 0.29) is 6.09 Å². The first-order valence-corrected chi connectivity index (χ1v) is 13.9. The van der Waals surface area contributed by atoms with Crippen LogP contribution in [-0.4, -0.2) is 40.9 Å². The maximum Gasteiger partial charge on any atom is 0.410 e. The summed E-state index contributed by atoms with van der Waals surface area (Å²) in [6, 6.07) is 19.9. The lowest BCUT2D eigenvalue weighted by Gasteiger charge is -2.34. The van der Waals surface area contributed by atoms with Crippen molar-refractivity contribution in [1.29, 1.82) is 5.26 Å². The summed E-state index contributed by atoms with van der Waals surface area (Å²) < 4.78 is 19.8. The van der Waals surface area contributed by atoms with Crippen molar-refractivity contribution in [3.63, 3.8) is 0 Å². The molecule has 3 aromatic rings. The monoisotopic (exact) mass is 544 g/mol. The average Bonchev–Trinajstić information content (AvgIpc) is 3.20. The molecule has 0 saturated carbocycles. The molecule has 1 aromatic heterocycles. The number of benzene rings is 2. The van der Waals surface area contributed by atoms with Crippen molar-refractivity contribution in [2.24, 2.45) is 13.0 Å². The van der Waals surface area contributed by atoms with Gasteiger partial charge in [-0.15, -0.1) is 0 Å². The highest BCUT2D eigenvalue weighted by Gasteiger charge is 2.27. The topological polar surface area (TPSA) is 88.8 Å². The first-order valence-electron chi connectivity index (χ1n) is 13.9. The Labute approximate surface area is 237 Å². The summed E-state index contributed by atoms with van der Waals surface area (Å²) >= 11 is 0. The number of anilines is 2. The molecule has 0 radical (unpaired) electrons. The number of piperidine rings is 1. The fourth-order valence-electron chi connectivity index (χ4n) is 4.76. The molecule has 8 nitrogen and oxygen atoms in total. The molecule has 1 unspecified atom stereocenters. The number of ether oxygens (including phenoxy) is 3. The molecule has 40 heavy (non-hydrogen) atoms. The Hall–Kier alpha value is -4.12. The van der Waals surface area contributed by atoms with Crippen molar-refractivity contribution in [2.45, 2.75) is 59.2 Å². The van der Waals surface area contributed by atoms with Crippen LogP contribution in [0.3, 0.4) is 0 Å². The fourth-order valence-corrected chi connectivity index (χ4v) is 4.76. The molecule has 0 aliphatic carbocycles. The van der Waals surface area contributed by atoms with Crippen LogP contribution in [0.1, 0.15) is 57.0 Å². The predicted octanol–water partition coefficient (Wildman–Crippen LogP) is 6.94. The van der Waals surface area contributed by atoms with Gasteiger partial charge in [0.05, 0.1) is 18.0 Å². The number of carbonyl (C=O) groups is 1. The number of nitrogens with one attached hydrogen (secondary N) is 1. The molecule has 2 aromatic carbocycles. The van der Waals surface area contributed by atoms with E-state index in [4.69, 9.17) is 14.2 Å². The van der Waals surface area contributed by atoms with E-state index in [1.54, 1.807) is 0 Å². The molecule has 2 heterocycles. The van der Waals surface area contributed by atoms with Crippen LogP contribution in [0.4, 0.5) is 16.2 Å². The van der Waals surface area contributed by atoms with Crippen LogP contribution < -0.4 is 14.8 Å². The minimum Gasteiger partial charge on any atom is -0.491 e. The minimum atomic E-state index is -0.505. The van der Waals surface area contributed by atoms with E-state index in [1.165, 1.54) is 0 Å². The van der Waals surface area contributed by atoms with E-state index in [1.807, 2.05) is 98.8 Å². The first kappa shape index (κ1) is 28.9. The summed E-state index contributed by atoms with van der Waals surface area (Å²) in [4.78, 5) is 14.4. The van der Waals surface area contributed by atoms with Gasteiger partial charge in [-0.2, -0.15) is 5.26 Å². The second kappa shape index (κ2) is 12.8. The number of nitrogens with zero attached hydrogens (tertiary/aromatic N) is 3. The van der Waals surface area contributed by atoms with Crippen LogP contribution in [0.15, 0.2) is 54.6 Å². The molecule has 1 amide bonds. The van der Waals surface area contributed by atoms with E-state index >= 15 is 0 Å². The molecule has 8 heteroatoms. The Bertz CT molecular complexity index is 1340. The van der Waals surface area contributed by atoms with Gasteiger partial charge < -0.3 is 29.0 Å². The van der Waals surface area contributed by atoms with Gasteiger partial charge in [-0.1, -0.05) is 30.3 Å². The van der Waals surface area contributed by atoms with E-state index in [2.05, 4.69) is 11.4 Å². The zero-order chi connectivity index (χ0) is 28.7. The third kappa shape index (κ3) is 7.72. The van der Waals surface area contributed by atoms with Gasteiger partial charge in [-0.3, -0.25) is 0 Å². The van der Waals surface area contributed by atoms with Crippen LogP contribution in [0.2, 0.25) is 0 Å². The molecule has 1 fully saturated rings. The quantitative estimate of drug-likeness (QED) is 0.314. The lowest BCUT2D eigenvalue weighted by Crippen LogP contribution is -2.43. The van der Waals surface area contributed by atoms with Crippen LogP contribution in [0.25, 0.3) is 0 Å². The van der Waals surface area contributed by atoms with E-state index in [0.717, 1.165) is 48.4 Å². The average molecular weight is 545 g/mol. The van der Waals surface area contributed by atoms with E-state index < -0.39 is 5.60 Å². The maximum absolute atomic E-state index is 12.6. The SMILES string of the molecule is Cc1c(Nc2ccc(OCc3ccccc3)cc2OCCC2CCCN(C(=O)OC(C)(C)C)C2)cc(C#N)n1C. The summed E-state index contributed by atoms with van der Waals surface area (Å²) in [5, 5.41) is 12.9. The third-order valence-electron chi connectivity index (χ3n) is 7.07. The van der Waals surface area contributed by atoms with Crippen molar-refractivity contribution in [1.82, 2.24) is 9.47 Å². The molecule has 1 aliphatic rings. The number of likely N-dealkylation sites (tertiary alicyclic amines) is 1. The van der Waals surface area contributed by atoms with Crippen molar-refractivity contribution in [3.8, 4) is 17.6 Å². The number of nitriles is 1. The summed E-state index contributed by atoms with van der Waals surface area (Å²) in [5.41, 5.74) is 3.76. The smallest absolute Gasteiger partial charge is 0.410 e. The van der Waals surface area contributed by atoms with Crippen LogP contribution in [0, 0.1) is 24.2 Å². The van der Waals surface area contributed by atoms with Gasteiger partial charge in [0, 0.05) is 31.9 Å². The van der Waals surface area contributed by atoms with Crippen molar-refractivity contribution in [2.75, 3.05) is 25.0 Å². The second-order valence-electron chi connectivity index (χ2n) is 11.3. The van der Waals surface area contributed by atoms with Gasteiger partial charge in [0.15, 0.2) is 0 Å². The predicted molar refractivity (Wildman–Crippen MR) is 156 cm³/mol. The second-order valence-corrected chi connectivity index (χ2v) is 11.3. The summed E-state index contributed by atoms with van der Waals surface area (Å²) in [6.45, 7) is 10.00. The van der Waals surface area contributed by atoms with Gasteiger partial charge in [-0.05, 0) is 76.6 Å². The van der Waals surface area contributed by atoms with E-state index in [9.17, 15) is 10.1 Å². The van der Waals surface area contributed by atoms with Crippen LogP contribution in [-0.2, 0) is 18.4 Å². The van der Waals surface area contributed by atoms with Crippen LogP contribution in [0.5, 0.6) is 11.5 Å². The normalized spacial score (nSPS) is 15.3. The Morgan fingerprint density at radius 1 is 1.10 bits per heavy atom. The van der Waals surface area contributed by atoms with Crippen molar-refractivity contribution in [3.05, 3.63) is 71.5 Å². The van der Waals surface area contributed by atoms with Gasteiger partial charge in [-0.25, -0.2) is 4.79 Å². The summed E-state index contributed by atoms with van der Waals surface area (Å²) in [6.07, 6.45) is 2.57. The fraction of sp³-hybridized carbons (Fsp3) is 0.438. The molecule has 1 N–H and O–H groups in total. The molecular formula is C32H40N4O4. The van der Waals surface area contributed by atoms with Gasteiger partial charge in [0.1, 0.15) is 35.5 Å². The first-order chi connectivity index (χ1) is 19.1. The van der Waals surface area contributed by atoms with Gasteiger partial charge >= 0.3 is 6.09 Å². The highest BCUT2D eigenvalue weighted by atomic mass is 16.6. The Morgan fingerprint density at radius 2 is 1.88 bits per heavy atom. The molecule has 1 saturated heterocycles. The summed E-state index contributed by atoms with van der Waals surface area (Å²) in [7, 11) is 1.88. The zero-order valence-corrected chi connectivity index (χ0v) is 24.2. The number of hydrogen-bond donors (Lipinski definition) is 1. The molecule has 212 valence electrons. The Kier molecular flexibility index (Phi) is 9.26. The molecule has 1 atom stereocenters. The lowest BCUT2D eigenvalue weighted by atomic mass is 9.95. The Morgan fingerprint density at radius 3 is 2.58 bits per heavy atom. The largest absolute Gasteiger partial charge is 0.491 e. The van der Waals surface area contributed by atoms with Crippen LogP contribution >= 0.6 is 0 Å². The third-order valence-corrected chi connectivity index (χ3v) is 7.07. The van der Waals surface area contributed by atoms with Gasteiger partial charge in [0.25, 0.3) is 0 Å². The van der Waals surface area contributed by atoms with E-state index in [0.29, 0.717) is 42.9 Å². The standard InChI is InChI=1S/C32H40N4O4/c1-23-29(18-26(20-33)35(23)5)34-28-14-13-27(39-22-25-10-7-6-8-11-25)19-30(28)38-17-15-24-12-9-16-36(21-24)31(37)40-32(2,3)4/h6-8,10-11,13-14,18-19,24,34H,9,12,15-17,21-22H2,1-5H3. The lowest BCUT2D eigenvalue weighted by molar-refractivity contribution is 0.0154. The number of rotatable bonds is 9. The molecule has 4 rings (SSSR count). The minimum absolute atomic E-state index is 0.247. The number of carbonyl (C=O) groups excluding carboxylic acids is 1. The summed E-state index contributed by atoms with van der Waals surface area (Å²) in [5.74, 6) is 1.72. The number of amides is 1. The van der Waals surface area contributed by atoms with Crippen molar-refractivity contribution < 1.29 is 19.0 Å². The zero-order valence-electron chi connectivity index (χ0n) is 24.2. The number of aromatic nitrogens is 1. The molecule has 0 spiro atoms. The number of hydrogen-bond acceptors (Lipinski definition) is 6. The Balaban J connectivity index is 1.44. The molecule has 0 bridgehead atoms. The molecule has 1 aliphatic heterocycles. The molecular weight excluding hydrogens is 504 g/mol. The maximum atomic E-state index is 12.6. The highest BCUT2D eigenvalue weighted by Crippen LogP contribution is 2.34. The highest BCUT2D eigenvalue weighted by molar-refractivity contribution is 5.70.